The van der Waals surface area contributed by atoms with Crippen LogP contribution in [0.4, 0.5) is 5.82 Å². The lowest BCUT2D eigenvalue weighted by molar-refractivity contribution is 0.341. The Hall–Kier alpha value is -1.56. The zero-order chi connectivity index (χ0) is 11.7. The van der Waals surface area contributed by atoms with Crippen LogP contribution in [0.2, 0.25) is 0 Å². The number of aromatic nitrogens is 1. The Kier molecular flexibility index (Phi) is 2.72. The smallest absolute Gasteiger partial charge is 0.128 e. The van der Waals surface area contributed by atoms with Gasteiger partial charge in [-0.05, 0) is 37.3 Å². The molecule has 1 aliphatic heterocycles. The third-order valence-electron chi connectivity index (χ3n) is 4.18. The van der Waals surface area contributed by atoms with Crippen LogP contribution in [0.25, 0.3) is 0 Å². The second-order valence-electron chi connectivity index (χ2n) is 5.11. The molecule has 0 bridgehead atoms. The number of hydrogen-bond donors (Lipinski definition) is 0. The second-order valence-corrected chi connectivity index (χ2v) is 5.11. The second kappa shape index (κ2) is 4.37. The van der Waals surface area contributed by atoms with Crippen LogP contribution in [0.15, 0.2) is 18.3 Å². The lowest BCUT2D eigenvalue weighted by atomic mass is 9.85. The van der Waals surface area contributed by atoms with Crippen molar-refractivity contribution in [3.63, 3.8) is 0 Å². The van der Waals surface area contributed by atoms with E-state index in [-0.39, 0.29) is 0 Å². The summed E-state index contributed by atoms with van der Waals surface area (Å²) < 4.78 is 0. The molecule has 2 atom stereocenters. The van der Waals surface area contributed by atoms with E-state index in [2.05, 4.69) is 16.0 Å². The van der Waals surface area contributed by atoms with Gasteiger partial charge in [-0.15, -0.1) is 0 Å². The van der Waals surface area contributed by atoms with E-state index in [1.165, 1.54) is 32.1 Å². The highest BCUT2D eigenvalue weighted by Crippen LogP contribution is 2.37. The highest BCUT2D eigenvalue weighted by molar-refractivity contribution is 5.44. The molecule has 3 nitrogen and oxygen atoms in total. The van der Waals surface area contributed by atoms with Crippen LogP contribution in [0.5, 0.6) is 0 Å². The first-order chi connectivity index (χ1) is 8.38. The van der Waals surface area contributed by atoms with Crippen LogP contribution in [0.1, 0.15) is 37.7 Å². The fourth-order valence-electron chi connectivity index (χ4n) is 3.31. The van der Waals surface area contributed by atoms with E-state index < -0.39 is 0 Å². The third-order valence-corrected chi connectivity index (χ3v) is 4.18. The van der Waals surface area contributed by atoms with Crippen molar-refractivity contribution in [2.75, 3.05) is 11.4 Å². The molecule has 0 spiro atoms. The highest BCUT2D eigenvalue weighted by Gasteiger charge is 2.36. The number of hydrogen-bond acceptors (Lipinski definition) is 3. The molecule has 2 unspecified atom stereocenters. The van der Waals surface area contributed by atoms with Gasteiger partial charge in [0.05, 0.1) is 5.56 Å². The van der Waals surface area contributed by atoms with Crippen molar-refractivity contribution < 1.29 is 0 Å². The molecule has 3 rings (SSSR count). The van der Waals surface area contributed by atoms with Gasteiger partial charge in [-0.1, -0.05) is 12.8 Å². The molecular formula is C14H17N3. The SMILES string of the molecule is N#Cc1ccc(N2CCC3CCCCC32)nc1. The monoisotopic (exact) mass is 227 g/mol. The van der Waals surface area contributed by atoms with Crippen molar-refractivity contribution in [1.82, 2.24) is 4.98 Å². The molecule has 2 aliphatic rings. The summed E-state index contributed by atoms with van der Waals surface area (Å²) in [4.78, 5) is 6.88. The number of pyridine rings is 1. The average Bonchev–Trinajstić information content (AvgIpc) is 2.83. The van der Waals surface area contributed by atoms with Crippen molar-refractivity contribution in [2.45, 2.75) is 38.1 Å². The van der Waals surface area contributed by atoms with Gasteiger partial charge in [0, 0.05) is 18.8 Å². The molecule has 0 N–H and O–H groups in total. The van der Waals surface area contributed by atoms with Crippen LogP contribution in [-0.4, -0.2) is 17.6 Å². The topological polar surface area (TPSA) is 39.9 Å². The summed E-state index contributed by atoms with van der Waals surface area (Å²) >= 11 is 0. The standard InChI is InChI=1S/C14H17N3/c15-9-11-5-6-14(16-10-11)17-8-7-12-3-1-2-4-13(12)17/h5-6,10,12-13H,1-4,7-8H2. The maximum atomic E-state index is 8.78. The van der Waals surface area contributed by atoms with Crippen molar-refractivity contribution in [1.29, 1.82) is 5.26 Å². The maximum absolute atomic E-state index is 8.78. The summed E-state index contributed by atoms with van der Waals surface area (Å²) in [5, 5.41) is 8.78. The Balaban J connectivity index is 1.81. The van der Waals surface area contributed by atoms with E-state index in [9.17, 15) is 0 Å². The van der Waals surface area contributed by atoms with Gasteiger partial charge in [0.2, 0.25) is 0 Å². The highest BCUT2D eigenvalue weighted by atomic mass is 15.2. The molecule has 2 heterocycles. The fraction of sp³-hybridized carbons (Fsp3) is 0.571. The molecule has 1 saturated heterocycles. The van der Waals surface area contributed by atoms with E-state index >= 15 is 0 Å². The Morgan fingerprint density at radius 3 is 2.88 bits per heavy atom. The van der Waals surface area contributed by atoms with E-state index in [0.717, 1.165) is 18.3 Å². The summed E-state index contributed by atoms with van der Waals surface area (Å²) in [6.45, 7) is 1.13. The summed E-state index contributed by atoms with van der Waals surface area (Å²) in [5.41, 5.74) is 0.646. The maximum Gasteiger partial charge on any atom is 0.128 e. The number of fused-ring (bicyclic) bond motifs is 1. The average molecular weight is 227 g/mol. The first-order valence-corrected chi connectivity index (χ1v) is 6.51. The fourth-order valence-corrected chi connectivity index (χ4v) is 3.31. The molecular weight excluding hydrogens is 210 g/mol. The van der Waals surface area contributed by atoms with Crippen molar-refractivity contribution in [3.8, 4) is 6.07 Å². The molecule has 1 saturated carbocycles. The molecule has 0 amide bonds. The van der Waals surface area contributed by atoms with Crippen LogP contribution in [-0.2, 0) is 0 Å². The molecule has 2 fully saturated rings. The van der Waals surface area contributed by atoms with E-state index in [4.69, 9.17) is 5.26 Å². The first kappa shape index (κ1) is 10.6. The van der Waals surface area contributed by atoms with Gasteiger partial charge in [0.25, 0.3) is 0 Å². The number of nitrogens with zero attached hydrogens (tertiary/aromatic N) is 3. The van der Waals surface area contributed by atoms with E-state index in [0.29, 0.717) is 11.6 Å². The Bertz CT molecular complexity index is 432. The number of nitriles is 1. The summed E-state index contributed by atoms with van der Waals surface area (Å²) in [5.74, 6) is 1.93. The van der Waals surface area contributed by atoms with Gasteiger partial charge in [-0.3, -0.25) is 0 Å². The Labute approximate surface area is 102 Å². The van der Waals surface area contributed by atoms with Crippen LogP contribution in [0.3, 0.4) is 0 Å². The molecule has 1 aliphatic carbocycles. The van der Waals surface area contributed by atoms with Crippen molar-refractivity contribution >= 4 is 5.82 Å². The summed E-state index contributed by atoms with van der Waals surface area (Å²) in [7, 11) is 0. The van der Waals surface area contributed by atoms with Gasteiger partial charge in [0.1, 0.15) is 11.9 Å². The molecule has 88 valence electrons. The van der Waals surface area contributed by atoms with E-state index in [1.807, 2.05) is 12.1 Å². The Morgan fingerprint density at radius 2 is 2.12 bits per heavy atom. The molecule has 1 aromatic heterocycles. The van der Waals surface area contributed by atoms with Gasteiger partial charge >= 0.3 is 0 Å². The van der Waals surface area contributed by atoms with Crippen molar-refractivity contribution in [3.05, 3.63) is 23.9 Å². The molecule has 17 heavy (non-hydrogen) atoms. The first-order valence-electron chi connectivity index (χ1n) is 6.51. The van der Waals surface area contributed by atoms with Gasteiger partial charge < -0.3 is 4.90 Å². The normalized spacial score (nSPS) is 27.6. The lowest BCUT2D eigenvalue weighted by Gasteiger charge is -2.32. The Morgan fingerprint density at radius 1 is 1.24 bits per heavy atom. The van der Waals surface area contributed by atoms with Crippen LogP contribution in [0, 0.1) is 17.2 Å². The van der Waals surface area contributed by atoms with E-state index in [1.54, 1.807) is 6.20 Å². The third kappa shape index (κ3) is 1.88. The zero-order valence-corrected chi connectivity index (χ0v) is 9.97. The van der Waals surface area contributed by atoms with Crippen molar-refractivity contribution in [2.24, 2.45) is 5.92 Å². The minimum Gasteiger partial charge on any atom is -0.353 e. The molecule has 3 heteroatoms. The van der Waals surface area contributed by atoms with Gasteiger partial charge in [0.15, 0.2) is 0 Å². The van der Waals surface area contributed by atoms with Crippen LogP contribution >= 0.6 is 0 Å². The summed E-state index contributed by atoms with van der Waals surface area (Å²) in [6.07, 6.45) is 8.45. The zero-order valence-electron chi connectivity index (χ0n) is 9.97. The predicted octanol–water partition coefficient (Wildman–Crippen LogP) is 2.72. The largest absolute Gasteiger partial charge is 0.353 e. The summed E-state index contributed by atoms with van der Waals surface area (Å²) in [6, 6.07) is 6.69. The number of rotatable bonds is 1. The lowest BCUT2D eigenvalue weighted by Crippen LogP contribution is -2.35. The predicted molar refractivity (Wildman–Crippen MR) is 66.7 cm³/mol. The minimum absolute atomic E-state index is 0.646. The molecule has 1 aromatic rings. The van der Waals surface area contributed by atoms with Gasteiger partial charge in [-0.25, -0.2) is 4.98 Å². The number of anilines is 1. The van der Waals surface area contributed by atoms with Gasteiger partial charge in [-0.2, -0.15) is 5.26 Å². The quantitative estimate of drug-likeness (QED) is 0.740. The minimum atomic E-state index is 0.646. The van der Waals surface area contributed by atoms with Crippen LogP contribution < -0.4 is 4.90 Å². The molecule has 0 aromatic carbocycles. The molecule has 0 radical (unpaired) electrons.